The van der Waals surface area contributed by atoms with Gasteiger partial charge in [-0.2, -0.15) is 5.10 Å². The Morgan fingerprint density at radius 2 is 1.96 bits per heavy atom. The van der Waals surface area contributed by atoms with E-state index in [9.17, 15) is 18.0 Å². The maximum atomic E-state index is 12.8. The first-order valence-electron chi connectivity index (χ1n) is 6.84. The van der Waals surface area contributed by atoms with Gasteiger partial charge < -0.3 is 10.5 Å². The van der Waals surface area contributed by atoms with Gasteiger partial charge in [0.25, 0.3) is 0 Å². The Morgan fingerprint density at radius 3 is 2.56 bits per heavy atom. The molecular formula is C15H10ClF3N4O2. The zero-order valence-corrected chi connectivity index (χ0v) is 13.1. The summed E-state index contributed by atoms with van der Waals surface area (Å²) in [5, 5.41) is 8.29. The van der Waals surface area contributed by atoms with Crippen LogP contribution in [0.2, 0.25) is 5.02 Å². The number of primary amides is 1. The van der Waals surface area contributed by atoms with Crippen molar-refractivity contribution in [1.82, 2.24) is 10.2 Å². The summed E-state index contributed by atoms with van der Waals surface area (Å²) >= 11 is 6.16. The molecule has 6 nitrogen and oxygen atoms in total. The number of carbonyl (C=O) groups excluding carboxylic acids is 1. The van der Waals surface area contributed by atoms with Gasteiger partial charge in [-0.05, 0) is 11.6 Å². The number of hydrogen-bond acceptors (Lipinski definition) is 3. The van der Waals surface area contributed by atoms with Crippen molar-refractivity contribution in [3.8, 4) is 16.9 Å². The fraction of sp³-hybridized carbons (Fsp3) is 0.0667. The van der Waals surface area contributed by atoms with Gasteiger partial charge in [-0.3, -0.25) is 10.4 Å². The minimum absolute atomic E-state index is 0.0385. The van der Waals surface area contributed by atoms with Gasteiger partial charge in [-0.15, -0.1) is 13.2 Å². The number of nitrogens with one attached hydrogen (secondary N) is 2. The second-order valence-corrected chi connectivity index (χ2v) is 5.34. The standard InChI is InChI=1S/C15H10ClF3N4O2/c16-10-8(7-4-2-1-3-5-7)6-9-11(12(10)25-15(17,18)19)22-23-13(9)21-14(20)24/h1-6H,(H4,20,21,22,23,24). The number of ether oxygens (including phenoxy) is 1. The number of aromatic nitrogens is 2. The number of H-pyrrole nitrogens is 1. The Morgan fingerprint density at radius 1 is 1.28 bits per heavy atom. The quantitative estimate of drug-likeness (QED) is 0.642. The Balaban J connectivity index is 2.29. The molecule has 0 radical (unpaired) electrons. The Kier molecular flexibility index (Phi) is 4.17. The highest BCUT2D eigenvalue weighted by molar-refractivity contribution is 6.36. The van der Waals surface area contributed by atoms with Gasteiger partial charge in [-0.1, -0.05) is 41.9 Å². The highest BCUT2D eigenvalue weighted by atomic mass is 35.5. The van der Waals surface area contributed by atoms with Crippen molar-refractivity contribution >= 4 is 34.4 Å². The predicted molar refractivity (Wildman–Crippen MR) is 86.4 cm³/mol. The lowest BCUT2D eigenvalue weighted by atomic mass is 10.0. The van der Waals surface area contributed by atoms with E-state index in [1.165, 1.54) is 6.07 Å². The molecular weight excluding hydrogens is 361 g/mol. The van der Waals surface area contributed by atoms with Gasteiger partial charge in [0.05, 0.1) is 5.02 Å². The third-order valence-electron chi connectivity index (χ3n) is 3.30. The molecule has 0 bridgehead atoms. The molecule has 0 aliphatic carbocycles. The van der Waals surface area contributed by atoms with Crippen LogP contribution >= 0.6 is 11.6 Å². The average molecular weight is 371 g/mol. The SMILES string of the molecule is NC(=O)Nc1n[nH]c2c(OC(F)(F)F)c(Cl)c(-c3ccccc3)cc12. The highest BCUT2D eigenvalue weighted by Gasteiger charge is 2.34. The molecule has 0 fully saturated rings. The second kappa shape index (κ2) is 6.17. The molecule has 0 atom stereocenters. The lowest BCUT2D eigenvalue weighted by Gasteiger charge is -2.14. The lowest BCUT2D eigenvalue weighted by molar-refractivity contribution is -0.274. The van der Waals surface area contributed by atoms with Crippen molar-refractivity contribution in [2.45, 2.75) is 6.36 Å². The summed E-state index contributed by atoms with van der Waals surface area (Å²) in [6.45, 7) is 0. The molecule has 0 saturated carbocycles. The van der Waals surface area contributed by atoms with Crippen molar-refractivity contribution in [3.05, 3.63) is 41.4 Å². The van der Waals surface area contributed by atoms with E-state index in [-0.39, 0.29) is 27.3 Å². The van der Waals surface area contributed by atoms with E-state index in [0.29, 0.717) is 5.56 Å². The van der Waals surface area contributed by atoms with Crippen molar-refractivity contribution in [1.29, 1.82) is 0 Å². The molecule has 1 heterocycles. The molecule has 0 aliphatic heterocycles. The molecule has 1 aromatic heterocycles. The summed E-state index contributed by atoms with van der Waals surface area (Å²) in [5.74, 6) is -0.682. The number of hydrogen-bond donors (Lipinski definition) is 3. The largest absolute Gasteiger partial charge is 0.573 e. The van der Waals surface area contributed by atoms with Crippen molar-refractivity contribution in [3.63, 3.8) is 0 Å². The number of fused-ring (bicyclic) bond motifs is 1. The highest BCUT2D eigenvalue weighted by Crippen LogP contribution is 2.44. The zero-order valence-electron chi connectivity index (χ0n) is 12.3. The fourth-order valence-electron chi connectivity index (χ4n) is 2.36. The van der Waals surface area contributed by atoms with E-state index in [0.717, 1.165) is 0 Å². The lowest BCUT2D eigenvalue weighted by Crippen LogP contribution is -2.19. The van der Waals surface area contributed by atoms with Gasteiger partial charge in [0.15, 0.2) is 11.6 Å². The number of nitrogens with two attached hydrogens (primary N) is 1. The number of urea groups is 1. The van der Waals surface area contributed by atoms with Crippen LogP contribution in [0.15, 0.2) is 36.4 Å². The monoisotopic (exact) mass is 370 g/mol. The molecule has 0 unspecified atom stereocenters. The summed E-state index contributed by atoms with van der Waals surface area (Å²) in [5.41, 5.74) is 5.78. The topological polar surface area (TPSA) is 93.0 Å². The first-order chi connectivity index (χ1) is 11.8. The van der Waals surface area contributed by atoms with Crippen LogP contribution < -0.4 is 15.8 Å². The molecule has 10 heteroatoms. The number of anilines is 1. The zero-order chi connectivity index (χ0) is 18.2. The number of carbonyl (C=O) groups is 1. The van der Waals surface area contributed by atoms with Crippen LogP contribution in [0, 0.1) is 0 Å². The number of halogens is 4. The van der Waals surface area contributed by atoms with Gasteiger partial charge in [0.1, 0.15) is 5.52 Å². The Labute approximate surface area is 143 Å². The van der Waals surface area contributed by atoms with Crippen LogP contribution in [-0.4, -0.2) is 22.6 Å². The van der Waals surface area contributed by atoms with Crippen molar-refractivity contribution in [2.75, 3.05) is 5.32 Å². The van der Waals surface area contributed by atoms with Crippen LogP contribution in [0.5, 0.6) is 5.75 Å². The maximum absolute atomic E-state index is 12.8. The minimum Gasteiger partial charge on any atom is -0.402 e. The van der Waals surface area contributed by atoms with E-state index in [1.54, 1.807) is 30.3 Å². The summed E-state index contributed by atoms with van der Waals surface area (Å²) < 4.78 is 42.5. The third-order valence-corrected chi connectivity index (χ3v) is 3.67. The number of alkyl halides is 3. The number of nitrogens with zero attached hydrogens (tertiary/aromatic N) is 1. The van der Waals surface area contributed by atoms with Crippen LogP contribution in [0.25, 0.3) is 22.0 Å². The predicted octanol–water partition coefficient (Wildman–Crippen LogP) is 4.27. The summed E-state index contributed by atoms with van der Waals surface area (Å²) in [4.78, 5) is 11.1. The van der Waals surface area contributed by atoms with Crippen LogP contribution in [-0.2, 0) is 0 Å². The Hall–Kier alpha value is -2.94. The molecule has 4 N–H and O–H groups in total. The molecule has 0 saturated heterocycles. The summed E-state index contributed by atoms with van der Waals surface area (Å²) in [6.07, 6.45) is -4.96. The number of rotatable bonds is 3. The molecule has 3 aromatic rings. The van der Waals surface area contributed by atoms with Crippen LogP contribution in [0.3, 0.4) is 0 Å². The minimum atomic E-state index is -4.96. The van der Waals surface area contributed by atoms with E-state index in [1.807, 2.05) is 0 Å². The maximum Gasteiger partial charge on any atom is 0.573 e. The summed E-state index contributed by atoms with van der Waals surface area (Å²) in [6, 6.07) is 9.09. The van der Waals surface area contributed by atoms with E-state index < -0.39 is 18.1 Å². The first-order valence-corrected chi connectivity index (χ1v) is 7.22. The number of benzene rings is 2. The molecule has 2 aromatic carbocycles. The number of amides is 2. The molecule has 130 valence electrons. The van der Waals surface area contributed by atoms with Gasteiger partial charge in [0.2, 0.25) is 0 Å². The van der Waals surface area contributed by atoms with Gasteiger partial charge in [0, 0.05) is 10.9 Å². The molecule has 0 aliphatic rings. The first kappa shape index (κ1) is 16.9. The van der Waals surface area contributed by atoms with E-state index in [4.69, 9.17) is 17.3 Å². The van der Waals surface area contributed by atoms with E-state index in [2.05, 4.69) is 20.3 Å². The number of aromatic amines is 1. The van der Waals surface area contributed by atoms with E-state index >= 15 is 0 Å². The average Bonchev–Trinajstić information content (AvgIpc) is 2.91. The van der Waals surface area contributed by atoms with Crippen molar-refractivity contribution < 1.29 is 22.7 Å². The smallest absolute Gasteiger partial charge is 0.402 e. The van der Waals surface area contributed by atoms with Gasteiger partial charge >= 0.3 is 12.4 Å². The van der Waals surface area contributed by atoms with Crippen LogP contribution in [0.1, 0.15) is 0 Å². The third kappa shape index (κ3) is 3.45. The summed E-state index contributed by atoms with van der Waals surface area (Å²) in [7, 11) is 0. The fourth-order valence-corrected chi connectivity index (χ4v) is 2.65. The van der Waals surface area contributed by atoms with Crippen LogP contribution in [0.4, 0.5) is 23.8 Å². The Bertz CT molecular complexity index is 941. The van der Waals surface area contributed by atoms with Crippen molar-refractivity contribution in [2.24, 2.45) is 5.73 Å². The molecule has 2 amide bonds. The molecule has 3 rings (SSSR count). The second-order valence-electron chi connectivity index (χ2n) is 4.97. The normalized spacial score (nSPS) is 11.5. The molecule has 0 spiro atoms. The van der Waals surface area contributed by atoms with Gasteiger partial charge in [-0.25, -0.2) is 4.79 Å². The molecule has 25 heavy (non-hydrogen) atoms.